The number of nitrogens with two attached hydrogens (primary N) is 2. The van der Waals surface area contributed by atoms with E-state index in [1.807, 2.05) is 0 Å². The lowest BCUT2D eigenvalue weighted by molar-refractivity contribution is -0.276. The van der Waals surface area contributed by atoms with Gasteiger partial charge in [-0.15, -0.1) is 0 Å². The number of ether oxygens (including phenoxy) is 2. The van der Waals surface area contributed by atoms with Crippen LogP contribution in [0.2, 0.25) is 0 Å². The molecule has 1 aliphatic rings. The minimum Gasteiger partial charge on any atom is -0.477 e. The second-order valence-corrected chi connectivity index (χ2v) is 6.70. The Labute approximate surface area is 170 Å². The molecule has 1 amide bonds. The normalized spacial score (nSPS) is 30.6. The first kappa shape index (κ1) is 25.5. The summed E-state index contributed by atoms with van der Waals surface area (Å²) in [7, 11) is 0. The number of hydrogen-bond acceptors (Lipinski definition) is 8. The number of aliphatic imine (C=N–C) groups is 1. The fraction of sp³-hybridized carbons (Fsp3) is 0.750. The topological polar surface area (TPSA) is 207 Å². The van der Waals surface area contributed by atoms with Gasteiger partial charge in [0.1, 0.15) is 31.0 Å². The average Bonchev–Trinajstić information content (AvgIpc) is 2.64. The summed E-state index contributed by atoms with van der Waals surface area (Å²) in [4.78, 5) is 37.7. The van der Waals surface area contributed by atoms with Gasteiger partial charge in [0.05, 0.1) is 6.04 Å². The molecule has 0 saturated carbocycles. The molecule has 0 bridgehead atoms. The quantitative estimate of drug-likeness (QED) is 0.128. The Morgan fingerprint density at radius 1 is 1.33 bits per heavy atom. The minimum atomic E-state index is -4.01. The van der Waals surface area contributed by atoms with E-state index in [2.05, 4.69) is 15.0 Å². The van der Waals surface area contributed by atoms with Crippen LogP contribution < -0.4 is 16.8 Å². The number of alkyl halides is 2. The van der Waals surface area contributed by atoms with Crippen LogP contribution in [-0.4, -0.2) is 88.2 Å². The third-order valence-electron chi connectivity index (χ3n) is 4.24. The summed E-state index contributed by atoms with van der Waals surface area (Å²) in [5, 5.41) is 31.8. The summed E-state index contributed by atoms with van der Waals surface area (Å²) in [5.41, 5.74) is 10.4. The number of halogens is 2. The number of rotatable bonds is 9. The average molecular weight is 440 g/mol. The Bertz CT molecular complexity index is 678. The predicted molar refractivity (Wildman–Crippen MR) is 96.3 cm³/mol. The van der Waals surface area contributed by atoms with Crippen LogP contribution in [0.3, 0.4) is 0 Å². The number of nitrogens with zero attached hydrogens (tertiary/aromatic N) is 1. The number of amides is 1. The van der Waals surface area contributed by atoms with Crippen LogP contribution in [0.4, 0.5) is 8.78 Å². The Morgan fingerprint density at radius 2 is 1.93 bits per heavy atom. The summed E-state index contributed by atoms with van der Waals surface area (Å²) in [6, 6.07) is -3.71. The van der Waals surface area contributed by atoms with Crippen molar-refractivity contribution in [3.05, 3.63) is 0 Å². The fourth-order valence-corrected chi connectivity index (χ4v) is 2.88. The van der Waals surface area contributed by atoms with Gasteiger partial charge in [0.15, 0.2) is 12.1 Å². The van der Waals surface area contributed by atoms with E-state index in [1.54, 1.807) is 6.92 Å². The molecule has 1 heterocycles. The molecule has 0 aromatic heterocycles. The van der Waals surface area contributed by atoms with Gasteiger partial charge < -0.3 is 41.6 Å². The molecule has 0 aliphatic carbocycles. The van der Waals surface area contributed by atoms with E-state index in [-0.39, 0.29) is 6.42 Å². The van der Waals surface area contributed by atoms with Crippen molar-refractivity contribution >= 4 is 23.8 Å². The highest BCUT2D eigenvalue weighted by Gasteiger charge is 2.63. The van der Waals surface area contributed by atoms with Gasteiger partial charge >= 0.3 is 17.8 Å². The summed E-state index contributed by atoms with van der Waals surface area (Å²) in [5.74, 6) is -8.64. The molecule has 1 fully saturated rings. The van der Waals surface area contributed by atoms with Gasteiger partial charge in [-0.2, -0.15) is 4.39 Å². The van der Waals surface area contributed by atoms with Crippen molar-refractivity contribution in [2.45, 2.75) is 69.1 Å². The maximum atomic E-state index is 14.8. The zero-order valence-electron chi connectivity index (χ0n) is 16.3. The molecule has 12 nitrogen and oxygen atoms in total. The second kappa shape index (κ2) is 10.4. The highest BCUT2D eigenvalue weighted by atomic mass is 19.2. The number of esters is 1. The Hall–Kier alpha value is -2.58. The molecule has 0 aromatic carbocycles. The van der Waals surface area contributed by atoms with Gasteiger partial charge in [0.2, 0.25) is 5.91 Å². The molecule has 14 heteroatoms. The highest BCUT2D eigenvalue weighted by Crippen LogP contribution is 2.37. The molecule has 0 spiro atoms. The predicted octanol–water partition coefficient (Wildman–Crippen LogP) is -2.31. The number of carbonyl (C=O) groups is 3. The van der Waals surface area contributed by atoms with Crippen molar-refractivity contribution in [2.75, 3.05) is 6.61 Å². The Morgan fingerprint density at radius 3 is 2.40 bits per heavy atom. The fourth-order valence-electron chi connectivity index (χ4n) is 2.88. The molecule has 8 N–H and O–H groups in total. The van der Waals surface area contributed by atoms with Gasteiger partial charge in [-0.1, -0.05) is 6.92 Å². The van der Waals surface area contributed by atoms with Gasteiger partial charge in [-0.25, -0.2) is 14.2 Å². The van der Waals surface area contributed by atoms with Crippen LogP contribution in [0.25, 0.3) is 0 Å². The number of nitrogens with one attached hydrogen (secondary N) is 1. The Balaban J connectivity index is 3.27. The highest BCUT2D eigenvalue weighted by molar-refractivity contribution is 5.79. The number of hydrogen-bond donors (Lipinski definition) is 6. The van der Waals surface area contributed by atoms with Crippen LogP contribution in [0, 0.1) is 0 Å². The van der Waals surface area contributed by atoms with Crippen LogP contribution in [-0.2, 0) is 23.9 Å². The molecule has 1 saturated heterocycles. The molecule has 2 unspecified atom stereocenters. The first-order valence-corrected chi connectivity index (χ1v) is 8.96. The molecular formula is C16H26F2N4O8. The lowest BCUT2D eigenvalue weighted by atomic mass is 9.86. The zero-order chi connectivity index (χ0) is 23.2. The van der Waals surface area contributed by atoms with E-state index in [0.717, 1.165) is 6.92 Å². The van der Waals surface area contributed by atoms with E-state index in [0.29, 0.717) is 6.42 Å². The third kappa shape index (κ3) is 5.96. The Kier molecular flexibility index (Phi) is 8.87. The molecular weight excluding hydrogens is 414 g/mol. The summed E-state index contributed by atoms with van der Waals surface area (Å²) >= 11 is 0. The molecule has 0 radical (unpaired) electrons. The number of guanidine groups is 1. The first-order valence-electron chi connectivity index (χ1n) is 8.96. The third-order valence-corrected chi connectivity index (χ3v) is 4.24. The standard InChI is InChI=1S/C16H26F2N4O8/c1-3-4-8(25)29-5-7(24)11(26)12-9(21-6(2)23)10(22-15(19)20)13(17)16(18,30-12)14(27)28/h7,9-13,24,26H,3-5H2,1-2H3,(H,21,23)(H,27,28)(H4,19,20,22)/t7-,9-,10?,11-,12?,13+,16-/m1/s1. The van der Waals surface area contributed by atoms with E-state index >= 15 is 0 Å². The van der Waals surface area contributed by atoms with Crippen molar-refractivity contribution < 1.29 is 48.0 Å². The smallest absolute Gasteiger partial charge is 0.372 e. The minimum absolute atomic E-state index is 0.0277. The molecule has 172 valence electrons. The lowest BCUT2D eigenvalue weighted by Gasteiger charge is -2.45. The summed E-state index contributed by atoms with van der Waals surface area (Å²) in [6.45, 7) is 1.94. The SMILES string of the molecule is CCCC(=O)OC[C@@H](O)[C@@H](O)C1O[C@@](F)(C(=O)O)[C@@H](F)C(N=C(N)N)[C@H]1NC(C)=O. The largest absolute Gasteiger partial charge is 0.477 e. The number of carbonyl (C=O) groups excluding carboxylic acids is 2. The first-order chi connectivity index (χ1) is 13.8. The second-order valence-electron chi connectivity index (χ2n) is 6.70. The van der Waals surface area contributed by atoms with Crippen LogP contribution in [0.1, 0.15) is 26.7 Å². The molecule has 30 heavy (non-hydrogen) atoms. The van der Waals surface area contributed by atoms with Gasteiger partial charge in [0.25, 0.3) is 0 Å². The van der Waals surface area contributed by atoms with Crippen molar-refractivity contribution in [1.82, 2.24) is 5.32 Å². The van der Waals surface area contributed by atoms with Crippen LogP contribution >= 0.6 is 0 Å². The molecule has 1 aliphatic heterocycles. The summed E-state index contributed by atoms with van der Waals surface area (Å²) < 4.78 is 39.0. The van der Waals surface area contributed by atoms with Crippen LogP contribution in [0.15, 0.2) is 4.99 Å². The summed E-state index contributed by atoms with van der Waals surface area (Å²) in [6.07, 6.45) is -8.57. The number of carboxylic acid groups (broad SMARTS) is 1. The monoisotopic (exact) mass is 440 g/mol. The van der Waals surface area contributed by atoms with E-state index in [4.69, 9.17) is 21.3 Å². The van der Waals surface area contributed by atoms with Gasteiger partial charge in [-0.05, 0) is 6.42 Å². The number of aliphatic hydroxyl groups is 2. The molecule has 1 rings (SSSR count). The lowest BCUT2D eigenvalue weighted by Crippen LogP contribution is -2.71. The van der Waals surface area contributed by atoms with Crippen molar-refractivity contribution in [1.29, 1.82) is 0 Å². The molecule has 7 atom stereocenters. The molecule has 0 aromatic rings. The van der Waals surface area contributed by atoms with E-state index < -0.39 is 72.8 Å². The van der Waals surface area contributed by atoms with Gasteiger partial charge in [0, 0.05) is 13.3 Å². The van der Waals surface area contributed by atoms with E-state index in [9.17, 15) is 33.4 Å². The maximum Gasteiger partial charge on any atom is 0.372 e. The van der Waals surface area contributed by atoms with Crippen LogP contribution in [0.5, 0.6) is 0 Å². The van der Waals surface area contributed by atoms with E-state index in [1.165, 1.54) is 0 Å². The van der Waals surface area contributed by atoms with Gasteiger partial charge in [-0.3, -0.25) is 9.59 Å². The zero-order valence-corrected chi connectivity index (χ0v) is 16.3. The number of aliphatic carboxylic acids is 1. The number of carboxylic acids is 1. The van der Waals surface area contributed by atoms with Crippen molar-refractivity contribution in [3.63, 3.8) is 0 Å². The van der Waals surface area contributed by atoms with Crippen molar-refractivity contribution in [2.24, 2.45) is 16.5 Å². The number of aliphatic hydroxyl groups excluding tert-OH is 2. The maximum absolute atomic E-state index is 14.8. The van der Waals surface area contributed by atoms with Crippen molar-refractivity contribution in [3.8, 4) is 0 Å².